The van der Waals surface area contributed by atoms with E-state index in [2.05, 4.69) is 12.2 Å². The lowest BCUT2D eigenvalue weighted by atomic mass is 10.2. The summed E-state index contributed by atoms with van der Waals surface area (Å²) in [5, 5.41) is 2.79. The first kappa shape index (κ1) is 18.4. The minimum atomic E-state index is 0.0485. The van der Waals surface area contributed by atoms with Crippen LogP contribution in [0.1, 0.15) is 58.8 Å². The Balaban J connectivity index is 2.93. The SMILES string of the molecule is CCCCCCOCCOCCCCCNC(C)=O. The molecule has 114 valence electrons. The molecule has 0 spiro atoms. The lowest BCUT2D eigenvalue weighted by Crippen LogP contribution is -2.20. The third-order valence-electron chi connectivity index (χ3n) is 2.85. The maximum atomic E-state index is 10.6. The summed E-state index contributed by atoms with van der Waals surface area (Å²) in [6, 6.07) is 0. The number of hydrogen-bond acceptors (Lipinski definition) is 3. The molecule has 0 unspecified atom stereocenters. The molecule has 0 aliphatic carbocycles. The van der Waals surface area contributed by atoms with Crippen LogP contribution in [0.5, 0.6) is 0 Å². The molecule has 0 saturated heterocycles. The molecule has 4 heteroatoms. The standard InChI is InChI=1S/C15H31NO3/c1-3-4-5-8-11-18-13-14-19-12-9-6-7-10-16-15(2)17/h3-14H2,1-2H3,(H,16,17). The van der Waals surface area contributed by atoms with Gasteiger partial charge < -0.3 is 14.8 Å². The lowest BCUT2D eigenvalue weighted by Gasteiger charge is -2.06. The molecule has 0 bridgehead atoms. The number of hydrogen-bond donors (Lipinski definition) is 1. The number of carbonyl (C=O) groups is 1. The predicted octanol–water partition coefficient (Wildman–Crippen LogP) is 2.91. The van der Waals surface area contributed by atoms with E-state index < -0.39 is 0 Å². The van der Waals surface area contributed by atoms with E-state index in [1.54, 1.807) is 6.92 Å². The van der Waals surface area contributed by atoms with Crippen LogP contribution in [0.3, 0.4) is 0 Å². The second-order valence-corrected chi connectivity index (χ2v) is 4.83. The zero-order valence-electron chi connectivity index (χ0n) is 12.7. The van der Waals surface area contributed by atoms with Gasteiger partial charge in [0.2, 0.25) is 5.91 Å². The van der Waals surface area contributed by atoms with Crippen molar-refractivity contribution < 1.29 is 14.3 Å². The Morgan fingerprint density at radius 3 is 1.95 bits per heavy atom. The molecule has 0 rings (SSSR count). The molecule has 0 aromatic heterocycles. The van der Waals surface area contributed by atoms with Crippen LogP contribution in [0, 0.1) is 0 Å². The summed E-state index contributed by atoms with van der Waals surface area (Å²) in [5.74, 6) is 0.0485. The van der Waals surface area contributed by atoms with Gasteiger partial charge in [0, 0.05) is 26.7 Å². The number of rotatable bonds is 14. The van der Waals surface area contributed by atoms with Crippen molar-refractivity contribution in [1.29, 1.82) is 0 Å². The summed E-state index contributed by atoms with van der Waals surface area (Å²) < 4.78 is 11.0. The highest BCUT2D eigenvalue weighted by molar-refractivity contribution is 5.72. The first-order valence-electron chi connectivity index (χ1n) is 7.67. The predicted molar refractivity (Wildman–Crippen MR) is 78.3 cm³/mol. The van der Waals surface area contributed by atoms with Gasteiger partial charge in [-0.1, -0.05) is 26.2 Å². The summed E-state index contributed by atoms with van der Waals surface area (Å²) in [6.45, 7) is 7.59. The van der Waals surface area contributed by atoms with Gasteiger partial charge in [-0.25, -0.2) is 0 Å². The number of ether oxygens (including phenoxy) is 2. The van der Waals surface area contributed by atoms with E-state index in [1.165, 1.54) is 19.3 Å². The summed E-state index contributed by atoms with van der Waals surface area (Å²) in [7, 11) is 0. The number of amides is 1. The Morgan fingerprint density at radius 2 is 1.42 bits per heavy atom. The van der Waals surface area contributed by atoms with Crippen LogP contribution in [0.2, 0.25) is 0 Å². The van der Waals surface area contributed by atoms with Crippen molar-refractivity contribution in [2.24, 2.45) is 0 Å². The minimum Gasteiger partial charge on any atom is -0.379 e. The van der Waals surface area contributed by atoms with Gasteiger partial charge >= 0.3 is 0 Å². The van der Waals surface area contributed by atoms with Gasteiger partial charge in [-0.05, 0) is 25.7 Å². The Kier molecular flexibility index (Phi) is 15.0. The van der Waals surface area contributed by atoms with Crippen LogP contribution in [0.15, 0.2) is 0 Å². The van der Waals surface area contributed by atoms with Gasteiger partial charge in [0.25, 0.3) is 0 Å². The average Bonchev–Trinajstić information content (AvgIpc) is 2.39. The van der Waals surface area contributed by atoms with Crippen molar-refractivity contribution in [2.75, 3.05) is 33.0 Å². The molecule has 0 heterocycles. The molecule has 4 nitrogen and oxygen atoms in total. The molecule has 0 aliphatic rings. The smallest absolute Gasteiger partial charge is 0.216 e. The second-order valence-electron chi connectivity index (χ2n) is 4.83. The largest absolute Gasteiger partial charge is 0.379 e. The molecule has 0 fully saturated rings. The Labute approximate surface area is 118 Å². The molecule has 1 N–H and O–H groups in total. The van der Waals surface area contributed by atoms with Gasteiger partial charge in [0.05, 0.1) is 13.2 Å². The molecule has 0 aliphatic heterocycles. The topological polar surface area (TPSA) is 47.6 Å². The van der Waals surface area contributed by atoms with Crippen molar-refractivity contribution in [2.45, 2.75) is 58.8 Å². The first-order chi connectivity index (χ1) is 9.27. The molecule has 1 amide bonds. The van der Waals surface area contributed by atoms with Gasteiger partial charge in [-0.2, -0.15) is 0 Å². The summed E-state index contributed by atoms with van der Waals surface area (Å²) >= 11 is 0. The molecule has 0 saturated carbocycles. The van der Waals surface area contributed by atoms with Crippen LogP contribution in [0.4, 0.5) is 0 Å². The molecular weight excluding hydrogens is 242 g/mol. The minimum absolute atomic E-state index is 0.0485. The van der Waals surface area contributed by atoms with Crippen LogP contribution in [-0.2, 0) is 14.3 Å². The molecule has 0 aromatic rings. The van der Waals surface area contributed by atoms with E-state index in [9.17, 15) is 4.79 Å². The van der Waals surface area contributed by atoms with Crippen molar-refractivity contribution in [1.82, 2.24) is 5.32 Å². The quantitative estimate of drug-likeness (QED) is 0.495. The second kappa shape index (κ2) is 15.4. The van der Waals surface area contributed by atoms with E-state index >= 15 is 0 Å². The van der Waals surface area contributed by atoms with E-state index in [-0.39, 0.29) is 5.91 Å². The monoisotopic (exact) mass is 273 g/mol. The van der Waals surface area contributed by atoms with Gasteiger partial charge in [-0.3, -0.25) is 4.79 Å². The third-order valence-corrected chi connectivity index (χ3v) is 2.85. The van der Waals surface area contributed by atoms with E-state index in [4.69, 9.17) is 9.47 Å². The van der Waals surface area contributed by atoms with Crippen LogP contribution in [-0.4, -0.2) is 38.9 Å². The van der Waals surface area contributed by atoms with Crippen molar-refractivity contribution >= 4 is 5.91 Å². The zero-order chi connectivity index (χ0) is 14.2. The van der Waals surface area contributed by atoms with Crippen molar-refractivity contribution in [3.05, 3.63) is 0 Å². The Hall–Kier alpha value is -0.610. The molecule has 0 radical (unpaired) electrons. The number of unbranched alkanes of at least 4 members (excludes halogenated alkanes) is 5. The molecule has 0 aromatic carbocycles. The molecular formula is C15H31NO3. The maximum Gasteiger partial charge on any atom is 0.216 e. The average molecular weight is 273 g/mol. The Morgan fingerprint density at radius 1 is 0.842 bits per heavy atom. The fourth-order valence-electron chi connectivity index (χ4n) is 1.72. The fourth-order valence-corrected chi connectivity index (χ4v) is 1.72. The van der Waals surface area contributed by atoms with E-state index in [0.717, 1.165) is 45.4 Å². The van der Waals surface area contributed by atoms with Gasteiger partial charge in [-0.15, -0.1) is 0 Å². The maximum absolute atomic E-state index is 10.6. The summed E-state index contributed by atoms with van der Waals surface area (Å²) in [6.07, 6.45) is 8.18. The first-order valence-corrected chi connectivity index (χ1v) is 7.67. The molecule has 0 atom stereocenters. The number of nitrogens with one attached hydrogen (secondary N) is 1. The Bertz CT molecular complexity index is 198. The zero-order valence-corrected chi connectivity index (χ0v) is 12.7. The van der Waals surface area contributed by atoms with E-state index in [1.807, 2.05) is 0 Å². The number of carbonyl (C=O) groups excluding carboxylic acids is 1. The summed E-state index contributed by atoms with van der Waals surface area (Å²) in [4.78, 5) is 10.6. The highest BCUT2D eigenvalue weighted by atomic mass is 16.5. The summed E-state index contributed by atoms with van der Waals surface area (Å²) in [5.41, 5.74) is 0. The van der Waals surface area contributed by atoms with Crippen molar-refractivity contribution in [3.8, 4) is 0 Å². The fraction of sp³-hybridized carbons (Fsp3) is 0.933. The van der Waals surface area contributed by atoms with E-state index in [0.29, 0.717) is 13.2 Å². The van der Waals surface area contributed by atoms with Crippen molar-refractivity contribution in [3.63, 3.8) is 0 Å². The lowest BCUT2D eigenvalue weighted by molar-refractivity contribution is -0.118. The van der Waals surface area contributed by atoms with Crippen LogP contribution in [0.25, 0.3) is 0 Å². The van der Waals surface area contributed by atoms with Gasteiger partial charge in [0.15, 0.2) is 0 Å². The molecule has 19 heavy (non-hydrogen) atoms. The van der Waals surface area contributed by atoms with Crippen LogP contribution >= 0.6 is 0 Å². The van der Waals surface area contributed by atoms with Crippen LogP contribution < -0.4 is 5.32 Å². The normalized spacial score (nSPS) is 10.6. The highest BCUT2D eigenvalue weighted by Gasteiger charge is 1.93. The third kappa shape index (κ3) is 17.4. The highest BCUT2D eigenvalue weighted by Crippen LogP contribution is 1.99. The van der Waals surface area contributed by atoms with Gasteiger partial charge in [0.1, 0.15) is 0 Å².